The van der Waals surface area contributed by atoms with E-state index in [-0.39, 0.29) is 29.3 Å². The number of aliphatic imine (C=N–C) groups is 1. The van der Waals surface area contributed by atoms with Gasteiger partial charge in [0.25, 0.3) is 10.0 Å². The number of nitrogens with one attached hydrogen (secondary N) is 2. The highest BCUT2D eigenvalue weighted by atomic mass is 32.2. The molecule has 4 heterocycles. The van der Waals surface area contributed by atoms with Gasteiger partial charge in [0.05, 0.1) is 12.9 Å². The molecule has 1 atom stereocenters. The maximum Gasteiger partial charge on any atom is 0.283 e. The minimum absolute atomic E-state index is 0.00376. The van der Waals surface area contributed by atoms with E-state index in [4.69, 9.17) is 4.42 Å². The Balaban J connectivity index is 1.42. The van der Waals surface area contributed by atoms with Gasteiger partial charge in [-0.1, -0.05) is 0 Å². The SMILES string of the molecule is Cc1cc2cc(NC(=NC3CCCCN(CC(=O)N4CCCC4)C3=O)NS(=O)(=O)c3cn(C)cn3)ccc2o1. The molecule has 2 aliphatic heterocycles. The molecule has 1 unspecified atom stereocenters. The number of nitrogens with zero attached hydrogens (tertiary/aromatic N) is 5. The minimum atomic E-state index is -4.10. The van der Waals surface area contributed by atoms with Crippen LogP contribution in [0.4, 0.5) is 5.69 Å². The highest BCUT2D eigenvalue weighted by molar-refractivity contribution is 7.90. The van der Waals surface area contributed by atoms with E-state index in [1.165, 1.54) is 17.1 Å². The maximum atomic E-state index is 13.5. The van der Waals surface area contributed by atoms with Crippen LogP contribution < -0.4 is 10.0 Å². The number of hydrogen-bond acceptors (Lipinski definition) is 7. The third-order valence-corrected chi connectivity index (χ3v) is 8.14. The summed E-state index contributed by atoms with van der Waals surface area (Å²) in [6, 6.07) is 6.35. The predicted molar refractivity (Wildman–Crippen MR) is 146 cm³/mol. The number of carbonyl (C=O) groups excluding carboxylic acids is 2. The van der Waals surface area contributed by atoms with E-state index in [1.54, 1.807) is 29.0 Å². The number of aromatic nitrogens is 2. The molecule has 3 aromatic rings. The molecular formula is C26H33N7O5S. The Hall–Kier alpha value is -3.87. The molecule has 0 spiro atoms. The van der Waals surface area contributed by atoms with Gasteiger partial charge in [0, 0.05) is 44.0 Å². The topological polar surface area (TPSA) is 142 Å². The molecule has 2 saturated heterocycles. The van der Waals surface area contributed by atoms with Crippen molar-refractivity contribution in [3.05, 3.63) is 42.5 Å². The Morgan fingerprint density at radius 3 is 2.67 bits per heavy atom. The number of imidazole rings is 1. The number of aryl methyl sites for hydroxylation is 2. The summed E-state index contributed by atoms with van der Waals surface area (Å²) in [6.07, 6.45) is 6.60. The summed E-state index contributed by atoms with van der Waals surface area (Å²) in [4.78, 5) is 38.1. The first-order chi connectivity index (χ1) is 18.7. The van der Waals surface area contributed by atoms with Gasteiger partial charge >= 0.3 is 0 Å². The van der Waals surface area contributed by atoms with E-state index in [9.17, 15) is 18.0 Å². The number of furan rings is 1. The van der Waals surface area contributed by atoms with Crippen molar-refractivity contribution < 1.29 is 22.4 Å². The molecule has 5 rings (SSSR count). The van der Waals surface area contributed by atoms with Gasteiger partial charge in [-0.25, -0.2) is 14.7 Å². The van der Waals surface area contributed by atoms with Crippen LogP contribution in [0, 0.1) is 6.92 Å². The van der Waals surface area contributed by atoms with E-state index < -0.39 is 16.1 Å². The molecule has 12 nitrogen and oxygen atoms in total. The van der Waals surface area contributed by atoms with Crippen molar-refractivity contribution in [3.8, 4) is 0 Å². The zero-order valence-electron chi connectivity index (χ0n) is 22.1. The Morgan fingerprint density at radius 1 is 1.15 bits per heavy atom. The molecule has 2 amide bonds. The summed E-state index contributed by atoms with van der Waals surface area (Å²) in [5, 5.41) is 3.70. The highest BCUT2D eigenvalue weighted by Gasteiger charge is 2.31. The number of benzene rings is 1. The summed E-state index contributed by atoms with van der Waals surface area (Å²) in [6.45, 7) is 3.74. The molecule has 1 aromatic carbocycles. The number of hydrogen-bond donors (Lipinski definition) is 2. The number of carbonyl (C=O) groups is 2. The third-order valence-electron chi connectivity index (χ3n) is 6.91. The lowest BCUT2D eigenvalue weighted by molar-refractivity contribution is -0.140. The minimum Gasteiger partial charge on any atom is -0.461 e. The second-order valence-electron chi connectivity index (χ2n) is 10.1. The normalized spacial score (nSPS) is 19.0. The summed E-state index contributed by atoms with van der Waals surface area (Å²) in [5.41, 5.74) is 1.26. The maximum absolute atomic E-state index is 13.5. The molecule has 0 saturated carbocycles. The van der Waals surface area contributed by atoms with Crippen molar-refractivity contribution in [3.63, 3.8) is 0 Å². The predicted octanol–water partition coefficient (Wildman–Crippen LogP) is 2.22. The number of anilines is 1. The average molecular weight is 556 g/mol. The summed E-state index contributed by atoms with van der Waals surface area (Å²) < 4.78 is 35.9. The molecule has 0 radical (unpaired) electrons. The molecular weight excluding hydrogens is 522 g/mol. The van der Waals surface area contributed by atoms with Gasteiger partial charge in [-0.05, 0) is 63.3 Å². The number of sulfonamides is 1. The standard InChI is InChI=1S/C26H33N7O5S/c1-18-13-19-14-20(8-9-22(19)38-18)28-26(30-39(36,37)23-15-31(2)17-27-23)29-21-7-3-4-12-33(25(21)35)16-24(34)32-10-5-6-11-32/h8-9,13-15,17,21H,3-7,10-12,16H2,1-2H3,(H2,28,29,30). The van der Waals surface area contributed by atoms with Crippen molar-refractivity contribution in [2.24, 2.45) is 12.0 Å². The van der Waals surface area contributed by atoms with Gasteiger partial charge in [-0.2, -0.15) is 8.42 Å². The van der Waals surface area contributed by atoms with Crippen LogP contribution in [0.25, 0.3) is 11.0 Å². The van der Waals surface area contributed by atoms with Crippen LogP contribution in [-0.4, -0.2) is 77.8 Å². The van der Waals surface area contributed by atoms with Crippen LogP contribution in [0.3, 0.4) is 0 Å². The first-order valence-electron chi connectivity index (χ1n) is 13.1. The van der Waals surface area contributed by atoms with E-state index in [1.807, 2.05) is 19.1 Å². The summed E-state index contributed by atoms with van der Waals surface area (Å²) in [5.74, 6) is 0.284. The second-order valence-corrected chi connectivity index (χ2v) is 11.7. The van der Waals surface area contributed by atoms with E-state index >= 15 is 0 Å². The van der Waals surface area contributed by atoms with Crippen molar-refractivity contribution in [1.29, 1.82) is 0 Å². The van der Waals surface area contributed by atoms with Gasteiger partial charge < -0.3 is 24.1 Å². The second kappa shape index (κ2) is 11.1. The number of rotatable bonds is 6. The van der Waals surface area contributed by atoms with Gasteiger partial charge in [0.15, 0.2) is 5.03 Å². The molecule has 39 heavy (non-hydrogen) atoms. The van der Waals surface area contributed by atoms with Crippen LogP contribution >= 0.6 is 0 Å². The lowest BCUT2D eigenvalue weighted by Crippen LogP contribution is -2.45. The molecule has 2 N–H and O–H groups in total. The van der Waals surface area contributed by atoms with Gasteiger partial charge in [0.1, 0.15) is 17.4 Å². The molecule has 0 bridgehead atoms. The van der Waals surface area contributed by atoms with Crippen molar-refractivity contribution >= 4 is 44.5 Å². The number of guanidine groups is 1. The Labute approximate surface area is 227 Å². The van der Waals surface area contributed by atoms with E-state index in [0.717, 1.165) is 36.8 Å². The highest BCUT2D eigenvalue weighted by Crippen LogP contribution is 2.23. The largest absolute Gasteiger partial charge is 0.461 e. The molecule has 208 valence electrons. The first kappa shape index (κ1) is 26.7. The van der Waals surface area contributed by atoms with Crippen LogP contribution in [-0.2, 0) is 26.7 Å². The third kappa shape index (κ3) is 6.24. The van der Waals surface area contributed by atoms with Crippen molar-refractivity contribution in [1.82, 2.24) is 24.1 Å². The lowest BCUT2D eigenvalue weighted by Gasteiger charge is -2.25. The quantitative estimate of drug-likeness (QED) is 0.351. The lowest BCUT2D eigenvalue weighted by atomic mass is 10.1. The zero-order valence-corrected chi connectivity index (χ0v) is 22.9. The molecule has 2 fully saturated rings. The number of amides is 2. The smallest absolute Gasteiger partial charge is 0.283 e. The summed E-state index contributed by atoms with van der Waals surface area (Å²) in [7, 11) is -2.43. The fourth-order valence-corrected chi connectivity index (χ4v) is 5.88. The fraction of sp³-hybridized carbons (Fsp3) is 0.462. The van der Waals surface area contributed by atoms with Crippen molar-refractivity contribution in [2.75, 3.05) is 31.5 Å². The fourth-order valence-electron chi connectivity index (χ4n) is 4.93. The van der Waals surface area contributed by atoms with Crippen LogP contribution in [0.15, 0.2) is 51.2 Å². The molecule has 2 aliphatic rings. The zero-order chi connectivity index (χ0) is 27.6. The monoisotopic (exact) mass is 555 g/mol. The Kier molecular flexibility index (Phi) is 7.60. The van der Waals surface area contributed by atoms with E-state index in [2.05, 4.69) is 20.0 Å². The van der Waals surface area contributed by atoms with Crippen LogP contribution in [0.2, 0.25) is 0 Å². The Morgan fingerprint density at radius 2 is 1.92 bits per heavy atom. The van der Waals surface area contributed by atoms with Gasteiger partial charge in [-0.3, -0.25) is 9.59 Å². The molecule has 2 aromatic heterocycles. The average Bonchev–Trinajstić information content (AvgIpc) is 3.63. The van der Waals surface area contributed by atoms with Crippen molar-refractivity contribution in [2.45, 2.75) is 50.1 Å². The van der Waals surface area contributed by atoms with Gasteiger partial charge in [-0.15, -0.1) is 0 Å². The summed E-state index contributed by atoms with van der Waals surface area (Å²) >= 11 is 0. The van der Waals surface area contributed by atoms with Crippen LogP contribution in [0.5, 0.6) is 0 Å². The Bertz CT molecular complexity index is 1500. The van der Waals surface area contributed by atoms with Crippen LogP contribution in [0.1, 0.15) is 37.9 Å². The number of fused-ring (bicyclic) bond motifs is 1. The van der Waals surface area contributed by atoms with E-state index in [0.29, 0.717) is 37.3 Å². The number of likely N-dealkylation sites (tertiary alicyclic amines) is 2. The van der Waals surface area contributed by atoms with Gasteiger partial charge in [0.2, 0.25) is 17.8 Å². The molecule has 13 heteroatoms. The first-order valence-corrected chi connectivity index (χ1v) is 14.6. The molecule has 0 aliphatic carbocycles.